The highest BCUT2D eigenvalue weighted by Crippen LogP contribution is 2.47. The average molecular weight is 803 g/mol. The van der Waals surface area contributed by atoms with Gasteiger partial charge in [-0.15, -0.1) is 0 Å². The minimum absolute atomic E-state index is 0.0474. The van der Waals surface area contributed by atoms with Gasteiger partial charge in [0.05, 0.1) is 5.69 Å². The number of hydrogen-bond acceptors (Lipinski definition) is 4. The topological polar surface area (TPSA) is 32.3 Å². The Morgan fingerprint density at radius 1 is 0.317 bits per heavy atom. The van der Waals surface area contributed by atoms with E-state index in [1.165, 1.54) is 60.9 Å². The molecule has 0 bridgehead atoms. The Bertz CT molecular complexity index is 3050. The molecule has 2 aliphatic rings. The van der Waals surface area contributed by atoms with E-state index in [-0.39, 0.29) is 6.71 Å². The number of rotatable bonds is 7. The van der Waals surface area contributed by atoms with Crippen molar-refractivity contribution in [1.82, 2.24) is 9.97 Å². The molecule has 0 saturated heterocycles. The molecule has 5 heteroatoms. The maximum Gasteiger partial charge on any atom is 0.252 e. The molecule has 0 radical (unpaired) electrons. The van der Waals surface area contributed by atoms with Crippen molar-refractivity contribution in [2.24, 2.45) is 0 Å². The number of benzene rings is 9. The molecular weight excluding hydrogens is 763 g/mol. The summed E-state index contributed by atoms with van der Waals surface area (Å²) in [4.78, 5) is 14.1. The van der Waals surface area contributed by atoms with Gasteiger partial charge in [-0.2, -0.15) is 0 Å². The largest absolute Gasteiger partial charge is 0.311 e. The van der Waals surface area contributed by atoms with Crippen LogP contribution in [0.3, 0.4) is 0 Å². The molecule has 10 aromatic rings. The van der Waals surface area contributed by atoms with Crippen LogP contribution in [-0.2, 0) is 0 Å². The first-order valence-electron chi connectivity index (χ1n) is 21.5. The fourth-order valence-corrected chi connectivity index (χ4v) is 9.64. The standard InChI is InChI=1S/C58H39BN4/c1-5-13-40(14-6-1)44-21-27-49(28-22-44)62-54-35-46(42-17-9-3-10-18-42)25-31-51(54)59-52-32-26-47(43-19-11-4-12-20-43)36-55(52)63(50-29-23-45(24-30-50)41-15-7-2-8-16-41)57-38-48(37-56(62)58(57)59)53-33-34-60-39-61-53/h1-39H. The van der Waals surface area contributed by atoms with Gasteiger partial charge in [0.2, 0.25) is 0 Å². The smallest absolute Gasteiger partial charge is 0.252 e. The first kappa shape index (κ1) is 36.6. The minimum atomic E-state index is -0.0474. The van der Waals surface area contributed by atoms with Gasteiger partial charge in [-0.1, -0.05) is 170 Å². The number of hydrogen-bond donors (Lipinski definition) is 0. The zero-order chi connectivity index (χ0) is 41.7. The van der Waals surface area contributed by atoms with E-state index in [0.717, 1.165) is 45.4 Å². The van der Waals surface area contributed by atoms with Gasteiger partial charge in [0.15, 0.2) is 0 Å². The summed E-state index contributed by atoms with van der Waals surface area (Å²) in [6, 6.07) is 81.6. The van der Waals surface area contributed by atoms with Crippen molar-refractivity contribution in [3.8, 4) is 55.8 Å². The molecule has 12 rings (SSSR count). The molecule has 2 aliphatic heterocycles. The second-order valence-corrected chi connectivity index (χ2v) is 16.2. The van der Waals surface area contributed by atoms with E-state index in [4.69, 9.17) is 4.98 Å². The maximum absolute atomic E-state index is 4.84. The van der Waals surface area contributed by atoms with Crippen molar-refractivity contribution in [3.05, 3.63) is 237 Å². The number of nitrogens with zero attached hydrogens (tertiary/aromatic N) is 4. The Balaban J connectivity index is 1.14. The van der Waals surface area contributed by atoms with Crippen molar-refractivity contribution in [2.75, 3.05) is 9.80 Å². The summed E-state index contributed by atoms with van der Waals surface area (Å²) in [5, 5.41) is 0. The molecule has 4 nitrogen and oxygen atoms in total. The summed E-state index contributed by atoms with van der Waals surface area (Å²) in [6.45, 7) is -0.0474. The molecule has 0 aliphatic carbocycles. The third-order valence-corrected chi connectivity index (χ3v) is 12.6. The number of aromatic nitrogens is 2. The average Bonchev–Trinajstić information content (AvgIpc) is 3.37. The van der Waals surface area contributed by atoms with Gasteiger partial charge in [0, 0.05) is 45.9 Å². The van der Waals surface area contributed by atoms with Crippen molar-refractivity contribution in [3.63, 3.8) is 0 Å². The SMILES string of the molecule is c1ccc(-c2ccc(N3c4cc(-c5ccccc5)ccc4B4c5ccc(-c6ccccc6)cc5N(c5ccc(-c6ccccc6)cc5)c5cc(-c6ccncn6)cc3c54)cc2)cc1. The van der Waals surface area contributed by atoms with Crippen LogP contribution >= 0.6 is 0 Å². The molecule has 0 saturated carbocycles. The quantitative estimate of drug-likeness (QED) is 0.150. The Kier molecular flexibility index (Phi) is 8.89. The van der Waals surface area contributed by atoms with Crippen molar-refractivity contribution in [1.29, 1.82) is 0 Å². The van der Waals surface area contributed by atoms with E-state index in [0.29, 0.717) is 0 Å². The van der Waals surface area contributed by atoms with Crippen LogP contribution in [0.2, 0.25) is 0 Å². The van der Waals surface area contributed by atoms with Crippen LogP contribution in [0.15, 0.2) is 237 Å². The van der Waals surface area contributed by atoms with Gasteiger partial charge in [-0.05, 0) is 115 Å². The van der Waals surface area contributed by atoms with Gasteiger partial charge in [-0.25, -0.2) is 9.97 Å². The van der Waals surface area contributed by atoms with Gasteiger partial charge in [0.25, 0.3) is 6.71 Å². The number of anilines is 6. The Morgan fingerprint density at radius 3 is 1.08 bits per heavy atom. The van der Waals surface area contributed by atoms with Gasteiger partial charge < -0.3 is 9.80 Å². The third-order valence-electron chi connectivity index (χ3n) is 12.6. The first-order valence-corrected chi connectivity index (χ1v) is 21.5. The zero-order valence-corrected chi connectivity index (χ0v) is 34.4. The van der Waals surface area contributed by atoms with E-state index < -0.39 is 0 Å². The highest BCUT2D eigenvalue weighted by atomic mass is 15.2. The molecule has 0 unspecified atom stereocenters. The van der Waals surface area contributed by atoms with Crippen LogP contribution in [0.5, 0.6) is 0 Å². The predicted octanol–water partition coefficient (Wildman–Crippen LogP) is 12.9. The molecule has 63 heavy (non-hydrogen) atoms. The Hall–Kier alpha value is -8.28. The van der Waals surface area contributed by atoms with Gasteiger partial charge in [-0.3, -0.25) is 0 Å². The van der Waals surface area contributed by atoms with Crippen LogP contribution in [0.25, 0.3) is 55.8 Å². The lowest BCUT2D eigenvalue weighted by Crippen LogP contribution is -2.61. The molecule has 0 spiro atoms. The second kappa shape index (κ2) is 15.3. The summed E-state index contributed by atoms with van der Waals surface area (Å²) in [5.74, 6) is 0. The Labute approximate surface area is 368 Å². The zero-order valence-electron chi connectivity index (χ0n) is 34.4. The monoisotopic (exact) mass is 802 g/mol. The normalized spacial score (nSPS) is 12.3. The fraction of sp³-hybridized carbons (Fsp3) is 0. The fourth-order valence-electron chi connectivity index (χ4n) is 9.64. The van der Waals surface area contributed by atoms with Crippen LogP contribution in [0.1, 0.15) is 0 Å². The lowest BCUT2D eigenvalue weighted by Gasteiger charge is -2.44. The van der Waals surface area contributed by atoms with Crippen LogP contribution < -0.4 is 26.2 Å². The molecule has 0 N–H and O–H groups in total. The lowest BCUT2D eigenvalue weighted by atomic mass is 9.33. The van der Waals surface area contributed by atoms with Crippen molar-refractivity contribution < 1.29 is 0 Å². The van der Waals surface area contributed by atoms with E-state index in [2.05, 4.69) is 233 Å². The van der Waals surface area contributed by atoms with Crippen LogP contribution in [0, 0.1) is 0 Å². The van der Waals surface area contributed by atoms with E-state index in [1.807, 2.05) is 12.3 Å². The van der Waals surface area contributed by atoms with Crippen molar-refractivity contribution >= 4 is 57.2 Å². The Morgan fingerprint density at radius 2 is 0.683 bits per heavy atom. The maximum atomic E-state index is 4.84. The summed E-state index contributed by atoms with van der Waals surface area (Å²) in [7, 11) is 0. The molecular formula is C58H39BN4. The third kappa shape index (κ3) is 6.41. The molecule has 9 aromatic carbocycles. The molecule has 3 heterocycles. The first-order chi connectivity index (χ1) is 31.2. The lowest BCUT2D eigenvalue weighted by molar-refractivity contribution is 1.17. The molecule has 0 fully saturated rings. The highest BCUT2D eigenvalue weighted by molar-refractivity contribution is 7.00. The van der Waals surface area contributed by atoms with Crippen LogP contribution in [0.4, 0.5) is 34.1 Å². The minimum Gasteiger partial charge on any atom is -0.311 e. The molecule has 0 atom stereocenters. The summed E-state index contributed by atoms with van der Waals surface area (Å²) >= 11 is 0. The van der Waals surface area contributed by atoms with Gasteiger partial charge in [0.1, 0.15) is 6.33 Å². The summed E-state index contributed by atoms with van der Waals surface area (Å²) in [5.41, 5.74) is 21.9. The van der Waals surface area contributed by atoms with Crippen LogP contribution in [-0.4, -0.2) is 16.7 Å². The summed E-state index contributed by atoms with van der Waals surface area (Å²) < 4.78 is 0. The molecule has 0 amide bonds. The highest BCUT2D eigenvalue weighted by Gasteiger charge is 2.44. The van der Waals surface area contributed by atoms with E-state index in [1.54, 1.807) is 6.33 Å². The van der Waals surface area contributed by atoms with Gasteiger partial charge >= 0.3 is 0 Å². The summed E-state index contributed by atoms with van der Waals surface area (Å²) in [6.07, 6.45) is 3.48. The van der Waals surface area contributed by atoms with E-state index >= 15 is 0 Å². The second-order valence-electron chi connectivity index (χ2n) is 16.2. The van der Waals surface area contributed by atoms with Crippen molar-refractivity contribution in [2.45, 2.75) is 0 Å². The molecule has 1 aromatic heterocycles. The predicted molar refractivity (Wildman–Crippen MR) is 263 cm³/mol. The number of fused-ring (bicyclic) bond motifs is 4. The van der Waals surface area contributed by atoms with E-state index in [9.17, 15) is 0 Å². The molecule has 294 valence electrons.